The number of aryl methyl sites for hydroxylation is 1. The van der Waals surface area contributed by atoms with E-state index in [2.05, 4.69) is 10.5 Å². The Morgan fingerprint density at radius 1 is 0.951 bits per heavy atom. The molecule has 0 bridgehead atoms. The summed E-state index contributed by atoms with van der Waals surface area (Å²) < 4.78 is 70.1. The van der Waals surface area contributed by atoms with E-state index in [4.69, 9.17) is 0 Å². The molecule has 0 fully saturated rings. The molecule has 1 heterocycles. The zero-order valence-electron chi connectivity index (χ0n) is 22.5. The number of hydrogen-bond donors (Lipinski definition) is 1. The molecule has 1 N–H and O–H groups in total. The number of sulfonamides is 1. The van der Waals surface area contributed by atoms with Gasteiger partial charge in [0, 0.05) is 23.5 Å². The molecular formula is C30H29F3N4O3S. The molecule has 1 amide bonds. The number of para-hydroxylation sites is 1. The molecule has 0 spiro atoms. The topological polar surface area (TPSA) is 83.8 Å². The van der Waals surface area contributed by atoms with E-state index in [1.54, 1.807) is 38.1 Å². The highest BCUT2D eigenvalue weighted by Crippen LogP contribution is 2.35. The lowest BCUT2D eigenvalue weighted by molar-refractivity contribution is -0.137. The van der Waals surface area contributed by atoms with Gasteiger partial charge in [-0.3, -0.25) is 4.79 Å². The van der Waals surface area contributed by atoms with Crippen LogP contribution in [0.5, 0.6) is 0 Å². The van der Waals surface area contributed by atoms with Crippen LogP contribution in [-0.2, 0) is 27.4 Å². The van der Waals surface area contributed by atoms with Gasteiger partial charge in [0.15, 0.2) is 0 Å². The van der Waals surface area contributed by atoms with Crippen LogP contribution in [0.25, 0.3) is 5.69 Å². The zero-order chi connectivity index (χ0) is 29.6. The van der Waals surface area contributed by atoms with Gasteiger partial charge in [-0.15, -0.1) is 0 Å². The van der Waals surface area contributed by atoms with Gasteiger partial charge in [0.25, 0.3) is 5.91 Å². The van der Waals surface area contributed by atoms with Crippen LogP contribution in [0.3, 0.4) is 0 Å². The van der Waals surface area contributed by atoms with E-state index in [-0.39, 0.29) is 17.1 Å². The van der Waals surface area contributed by atoms with Gasteiger partial charge in [0.05, 0.1) is 28.9 Å². The van der Waals surface area contributed by atoms with Crippen LogP contribution in [-0.4, -0.2) is 42.5 Å². The molecule has 0 saturated heterocycles. The third-order valence-corrected chi connectivity index (χ3v) is 8.37. The Hall–Kier alpha value is -4.22. The Morgan fingerprint density at radius 3 is 2.22 bits per heavy atom. The first-order chi connectivity index (χ1) is 19.5. The maximum atomic E-state index is 13.6. The van der Waals surface area contributed by atoms with E-state index < -0.39 is 34.2 Å². The maximum absolute atomic E-state index is 13.6. The van der Waals surface area contributed by atoms with Crippen molar-refractivity contribution < 1.29 is 26.4 Å². The maximum Gasteiger partial charge on any atom is 0.418 e. The number of halogens is 3. The molecule has 11 heteroatoms. The number of aromatic nitrogens is 1. The highest BCUT2D eigenvalue weighted by molar-refractivity contribution is 7.89. The molecule has 0 aliphatic carbocycles. The summed E-state index contributed by atoms with van der Waals surface area (Å²) in [5, 5.41) is 3.97. The van der Waals surface area contributed by atoms with Gasteiger partial charge in [-0.25, -0.2) is 13.8 Å². The second kappa shape index (κ2) is 12.5. The summed E-state index contributed by atoms with van der Waals surface area (Å²) in [7, 11) is -3.97. The minimum absolute atomic E-state index is 0.0149. The molecule has 41 heavy (non-hydrogen) atoms. The minimum atomic E-state index is -4.53. The summed E-state index contributed by atoms with van der Waals surface area (Å²) in [4.78, 5) is 12.9. The van der Waals surface area contributed by atoms with Gasteiger partial charge in [0.1, 0.15) is 0 Å². The predicted octanol–water partition coefficient (Wildman–Crippen LogP) is 5.50. The fourth-order valence-corrected chi connectivity index (χ4v) is 5.91. The standard InChI is InChI=1S/C30H29F3N4O3S/c1-22-19-25(23(2)37(22)28-16-10-9-15-27(28)30(31,32)33)20-34-35-29(38)21-36(18-17-24-11-5-3-6-12-24)41(39,40)26-13-7-4-8-14-26/h3-16,19-20H,17-18,21H2,1-2H3,(H,35,38)/b34-20-. The van der Waals surface area contributed by atoms with Crippen LogP contribution in [0.15, 0.2) is 101 Å². The second-order valence-corrected chi connectivity index (χ2v) is 11.3. The molecule has 0 aliphatic rings. The van der Waals surface area contributed by atoms with Crippen molar-refractivity contribution in [3.05, 3.63) is 119 Å². The van der Waals surface area contributed by atoms with Gasteiger partial charge < -0.3 is 4.57 Å². The molecule has 4 rings (SSSR count). The van der Waals surface area contributed by atoms with E-state index in [1.165, 1.54) is 41.1 Å². The Balaban J connectivity index is 1.51. The fraction of sp³-hybridized carbons (Fsp3) is 0.200. The first kappa shape index (κ1) is 29.8. The van der Waals surface area contributed by atoms with Crippen molar-refractivity contribution in [3.8, 4) is 5.69 Å². The van der Waals surface area contributed by atoms with Crippen LogP contribution in [0.1, 0.15) is 28.1 Å². The van der Waals surface area contributed by atoms with E-state index >= 15 is 0 Å². The monoisotopic (exact) mass is 582 g/mol. The quantitative estimate of drug-likeness (QED) is 0.198. The minimum Gasteiger partial charge on any atom is -0.317 e. The number of hydrogen-bond acceptors (Lipinski definition) is 4. The van der Waals surface area contributed by atoms with Crippen molar-refractivity contribution >= 4 is 22.1 Å². The molecule has 0 unspecified atom stereocenters. The predicted molar refractivity (Wildman–Crippen MR) is 151 cm³/mol. The molecule has 0 saturated carbocycles. The van der Waals surface area contributed by atoms with Gasteiger partial charge in [-0.1, -0.05) is 60.7 Å². The smallest absolute Gasteiger partial charge is 0.317 e. The van der Waals surface area contributed by atoms with Gasteiger partial charge in [0.2, 0.25) is 10.0 Å². The van der Waals surface area contributed by atoms with Crippen LogP contribution < -0.4 is 5.43 Å². The number of benzene rings is 3. The largest absolute Gasteiger partial charge is 0.418 e. The zero-order valence-corrected chi connectivity index (χ0v) is 23.3. The summed E-state index contributed by atoms with van der Waals surface area (Å²) in [5.74, 6) is -0.662. The number of alkyl halides is 3. The number of amides is 1. The highest BCUT2D eigenvalue weighted by Gasteiger charge is 2.34. The molecule has 0 atom stereocenters. The Morgan fingerprint density at radius 2 is 1.56 bits per heavy atom. The number of nitrogens with zero attached hydrogens (tertiary/aromatic N) is 3. The molecule has 0 radical (unpaired) electrons. The Bertz CT molecular complexity index is 1630. The molecule has 214 valence electrons. The van der Waals surface area contributed by atoms with Crippen LogP contribution in [0.4, 0.5) is 13.2 Å². The van der Waals surface area contributed by atoms with E-state index in [1.807, 2.05) is 30.3 Å². The van der Waals surface area contributed by atoms with Crippen molar-refractivity contribution in [2.45, 2.75) is 31.3 Å². The number of nitrogens with one attached hydrogen (secondary N) is 1. The number of hydrazone groups is 1. The van der Waals surface area contributed by atoms with Gasteiger partial charge in [-0.05, 0) is 56.2 Å². The summed E-state index contributed by atoms with van der Waals surface area (Å²) in [6, 6.07) is 24.1. The molecule has 1 aromatic heterocycles. The lowest BCUT2D eigenvalue weighted by Gasteiger charge is -2.21. The van der Waals surface area contributed by atoms with Crippen molar-refractivity contribution in [3.63, 3.8) is 0 Å². The lowest BCUT2D eigenvalue weighted by atomic mass is 10.1. The normalized spacial score (nSPS) is 12.2. The summed E-state index contributed by atoms with van der Waals surface area (Å²) in [6.07, 6.45) is -2.81. The van der Waals surface area contributed by atoms with Gasteiger partial charge >= 0.3 is 6.18 Å². The average Bonchev–Trinajstić information content (AvgIpc) is 3.23. The molecular weight excluding hydrogens is 553 g/mol. The van der Waals surface area contributed by atoms with E-state index in [0.717, 1.165) is 15.9 Å². The van der Waals surface area contributed by atoms with Crippen molar-refractivity contribution in [1.82, 2.24) is 14.3 Å². The number of rotatable bonds is 10. The van der Waals surface area contributed by atoms with E-state index in [0.29, 0.717) is 23.4 Å². The third-order valence-electron chi connectivity index (χ3n) is 6.51. The summed E-state index contributed by atoms with van der Waals surface area (Å²) in [5.41, 5.74) is 4.02. The van der Waals surface area contributed by atoms with Gasteiger partial charge in [-0.2, -0.15) is 22.6 Å². The first-order valence-electron chi connectivity index (χ1n) is 12.7. The van der Waals surface area contributed by atoms with Crippen LogP contribution in [0.2, 0.25) is 0 Å². The molecule has 0 aliphatic heterocycles. The van der Waals surface area contributed by atoms with Crippen LogP contribution in [0, 0.1) is 13.8 Å². The average molecular weight is 583 g/mol. The van der Waals surface area contributed by atoms with Crippen molar-refractivity contribution in [2.75, 3.05) is 13.1 Å². The fourth-order valence-electron chi connectivity index (χ4n) is 4.49. The first-order valence-corrected chi connectivity index (χ1v) is 14.2. The lowest BCUT2D eigenvalue weighted by Crippen LogP contribution is -2.40. The summed E-state index contributed by atoms with van der Waals surface area (Å²) >= 11 is 0. The Labute approximate surface area is 237 Å². The van der Waals surface area contributed by atoms with Crippen molar-refractivity contribution in [1.29, 1.82) is 0 Å². The molecule has 3 aromatic carbocycles. The van der Waals surface area contributed by atoms with E-state index in [9.17, 15) is 26.4 Å². The Kier molecular flexibility index (Phi) is 9.09. The number of carbonyl (C=O) groups is 1. The highest BCUT2D eigenvalue weighted by atomic mass is 32.2. The van der Waals surface area contributed by atoms with Crippen molar-refractivity contribution in [2.24, 2.45) is 5.10 Å². The molecule has 4 aromatic rings. The SMILES string of the molecule is Cc1cc(/C=N\NC(=O)CN(CCc2ccccc2)S(=O)(=O)c2ccccc2)c(C)n1-c1ccccc1C(F)(F)F. The van der Waals surface area contributed by atoms with Crippen LogP contribution >= 0.6 is 0 Å². The third kappa shape index (κ3) is 7.11. The number of carbonyl (C=O) groups excluding carboxylic acids is 1. The second-order valence-electron chi connectivity index (χ2n) is 9.36. The summed E-state index contributed by atoms with van der Waals surface area (Å²) in [6.45, 7) is 2.92. The molecule has 7 nitrogen and oxygen atoms in total.